The molecule has 182 valence electrons. The Morgan fingerprint density at radius 3 is 2.65 bits per heavy atom. The van der Waals surface area contributed by atoms with Gasteiger partial charge in [-0.3, -0.25) is 14.3 Å². The van der Waals surface area contributed by atoms with Crippen LogP contribution in [0, 0.1) is 0 Å². The van der Waals surface area contributed by atoms with E-state index in [0.717, 1.165) is 0 Å². The van der Waals surface area contributed by atoms with E-state index in [-0.39, 0.29) is 23.1 Å². The van der Waals surface area contributed by atoms with E-state index < -0.39 is 36.7 Å². The normalized spacial score (nSPS) is 22.5. The highest BCUT2D eigenvalue weighted by Crippen LogP contribution is 2.34. The molecule has 0 amide bonds. The Kier molecular flexibility index (Phi) is 6.72. The summed E-state index contributed by atoms with van der Waals surface area (Å²) in [5.74, 6) is 0.793. The fourth-order valence-electron chi connectivity index (χ4n) is 3.54. The molecule has 3 aromatic rings. The number of nitrogens with one attached hydrogen (secondary N) is 2. The smallest absolute Gasteiger partial charge is 0.280 e. The van der Waals surface area contributed by atoms with Crippen LogP contribution in [0.25, 0.3) is 11.2 Å². The number of hydrogen-bond acceptors (Lipinski definition) is 12. The lowest BCUT2D eigenvalue weighted by Gasteiger charge is -2.18. The minimum atomic E-state index is -1.46. The van der Waals surface area contributed by atoms with E-state index in [9.17, 15) is 20.1 Å². The minimum Gasteiger partial charge on any atom is -0.493 e. The maximum Gasteiger partial charge on any atom is 0.280 e. The summed E-state index contributed by atoms with van der Waals surface area (Å²) in [6, 6.07) is 3.40. The van der Waals surface area contributed by atoms with Crippen molar-refractivity contribution in [2.75, 3.05) is 32.0 Å². The van der Waals surface area contributed by atoms with Crippen LogP contribution in [-0.2, 0) is 4.74 Å². The number of fused-ring (bicyclic) bond motifs is 1. The number of methoxy groups -OCH3 is 2. The number of aromatic amines is 1. The van der Waals surface area contributed by atoms with Gasteiger partial charge < -0.3 is 35.3 Å². The summed E-state index contributed by atoms with van der Waals surface area (Å²) in [5.41, 5.74) is 8.27. The summed E-state index contributed by atoms with van der Waals surface area (Å²) in [6.07, 6.45) is -3.68. The van der Waals surface area contributed by atoms with Crippen molar-refractivity contribution < 1.29 is 29.5 Å². The standard InChI is InChI=1S/C19H22BrN7O7/c1-32-9-3-7(8(20)4-10(9)33-2)5-22-26-19-23-12-15(24-18(21)25-16(12)31)27(19)17-14(30)13(29)11(6-28)34-17/h3-5,11,13-14,17,28-30H,6H2,1-2H3,(H,23,26)(H3,21,24,25,31)/b22-5-/t11-,13+,14+,17-/m1/s1. The first-order valence-corrected chi connectivity index (χ1v) is 10.7. The fraction of sp³-hybridized carbons (Fsp3) is 0.368. The minimum absolute atomic E-state index is 0.0129. The van der Waals surface area contributed by atoms with E-state index in [4.69, 9.17) is 19.9 Å². The Labute approximate surface area is 200 Å². The lowest BCUT2D eigenvalue weighted by molar-refractivity contribution is -0.0501. The van der Waals surface area contributed by atoms with Crippen LogP contribution in [0.5, 0.6) is 11.5 Å². The molecule has 0 spiro atoms. The number of ether oxygens (including phenoxy) is 3. The van der Waals surface area contributed by atoms with Crippen LogP contribution in [0.3, 0.4) is 0 Å². The second-order valence-electron chi connectivity index (χ2n) is 7.26. The van der Waals surface area contributed by atoms with Gasteiger partial charge in [0.2, 0.25) is 11.9 Å². The Balaban J connectivity index is 1.74. The van der Waals surface area contributed by atoms with Crippen LogP contribution in [0.1, 0.15) is 11.8 Å². The number of hydrogen-bond donors (Lipinski definition) is 6. The molecule has 1 aromatic carbocycles. The third kappa shape index (κ3) is 4.19. The van der Waals surface area contributed by atoms with Crippen molar-refractivity contribution in [1.29, 1.82) is 0 Å². The monoisotopic (exact) mass is 539 g/mol. The van der Waals surface area contributed by atoms with E-state index >= 15 is 0 Å². The fourth-order valence-corrected chi connectivity index (χ4v) is 3.97. The second kappa shape index (κ2) is 9.55. The summed E-state index contributed by atoms with van der Waals surface area (Å²) in [5, 5.41) is 34.3. The third-order valence-corrected chi connectivity index (χ3v) is 5.90. The predicted molar refractivity (Wildman–Crippen MR) is 124 cm³/mol. The largest absolute Gasteiger partial charge is 0.493 e. The number of aromatic nitrogens is 4. The van der Waals surface area contributed by atoms with Crippen LogP contribution in [0.4, 0.5) is 11.9 Å². The van der Waals surface area contributed by atoms with Crippen molar-refractivity contribution in [3.8, 4) is 11.5 Å². The number of H-pyrrole nitrogens is 1. The Bertz CT molecular complexity index is 1290. The molecular weight excluding hydrogens is 518 g/mol. The maximum atomic E-state index is 12.4. The van der Waals surface area contributed by atoms with Crippen molar-refractivity contribution in [2.24, 2.45) is 5.10 Å². The molecule has 3 heterocycles. The number of benzene rings is 1. The summed E-state index contributed by atoms with van der Waals surface area (Å²) in [4.78, 5) is 23.0. The van der Waals surface area contributed by atoms with E-state index in [1.165, 1.54) is 25.0 Å². The maximum absolute atomic E-state index is 12.4. The van der Waals surface area contributed by atoms with Gasteiger partial charge in [-0.2, -0.15) is 10.1 Å². The second-order valence-corrected chi connectivity index (χ2v) is 8.11. The highest BCUT2D eigenvalue weighted by atomic mass is 79.9. The Hall–Kier alpha value is -3.24. The van der Waals surface area contributed by atoms with Crippen LogP contribution in [-0.4, -0.2) is 80.2 Å². The zero-order chi connectivity index (χ0) is 24.6. The molecule has 7 N–H and O–H groups in total. The van der Waals surface area contributed by atoms with Crippen molar-refractivity contribution in [3.05, 3.63) is 32.5 Å². The molecular formula is C19H22BrN7O7. The van der Waals surface area contributed by atoms with Gasteiger partial charge in [-0.25, -0.2) is 10.4 Å². The quantitative estimate of drug-likeness (QED) is 0.167. The highest BCUT2D eigenvalue weighted by molar-refractivity contribution is 9.10. The van der Waals surface area contributed by atoms with E-state index in [1.807, 2.05) is 0 Å². The van der Waals surface area contributed by atoms with Crippen molar-refractivity contribution in [3.63, 3.8) is 0 Å². The molecule has 4 atom stereocenters. The first kappa shape index (κ1) is 23.9. The lowest BCUT2D eigenvalue weighted by Crippen LogP contribution is -2.33. The van der Waals surface area contributed by atoms with E-state index in [2.05, 4.69) is 41.4 Å². The molecule has 0 aliphatic carbocycles. The molecule has 2 aromatic heterocycles. The van der Waals surface area contributed by atoms with Gasteiger partial charge in [0.1, 0.15) is 18.3 Å². The number of aliphatic hydroxyl groups is 3. The van der Waals surface area contributed by atoms with Gasteiger partial charge in [-0.1, -0.05) is 0 Å². The van der Waals surface area contributed by atoms with Gasteiger partial charge >= 0.3 is 0 Å². The molecule has 14 nitrogen and oxygen atoms in total. The molecule has 4 rings (SSSR count). The van der Waals surface area contributed by atoms with E-state index in [1.54, 1.807) is 12.1 Å². The van der Waals surface area contributed by atoms with Crippen LogP contribution < -0.4 is 26.2 Å². The number of imidazole rings is 1. The number of nitrogens with two attached hydrogens (primary N) is 1. The topological polar surface area (TPSA) is 202 Å². The first-order valence-electron chi connectivity index (χ1n) is 9.89. The molecule has 15 heteroatoms. The number of nitrogen functional groups attached to an aromatic ring is 1. The predicted octanol–water partition coefficient (Wildman–Crippen LogP) is -0.461. The van der Waals surface area contributed by atoms with E-state index in [0.29, 0.717) is 21.5 Å². The summed E-state index contributed by atoms with van der Waals surface area (Å²) in [6.45, 7) is -0.536. The number of anilines is 2. The highest BCUT2D eigenvalue weighted by Gasteiger charge is 2.45. The number of halogens is 1. The van der Waals surface area contributed by atoms with Crippen LogP contribution in [0.2, 0.25) is 0 Å². The Morgan fingerprint density at radius 2 is 2.00 bits per heavy atom. The van der Waals surface area contributed by atoms with Crippen molar-refractivity contribution >= 4 is 45.2 Å². The van der Waals surface area contributed by atoms with Crippen LogP contribution in [0.15, 0.2) is 26.5 Å². The van der Waals surface area contributed by atoms with Crippen molar-refractivity contribution in [2.45, 2.75) is 24.5 Å². The lowest BCUT2D eigenvalue weighted by atomic mass is 10.1. The summed E-state index contributed by atoms with van der Waals surface area (Å²) in [7, 11) is 3.02. The van der Waals surface area contributed by atoms with Gasteiger partial charge in [-0.05, 0) is 28.1 Å². The molecule has 0 saturated carbocycles. The average molecular weight is 540 g/mol. The molecule has 1 aliphatic heterocycles. The molecule has 0 unspecified atom stereocenters. The molecule has 0 bridgehead atoms. The van der Waals surface area contributed by atoms with Gasteiger partial charge in [0.05, 0.1) is 27.0 Å². The molecule has 1 saturated heterocycles. The van der Waals surface area contributed by atoms with Gasteiger partial charge in [-0.15, -0.1) is 0 Å². The molecule has 1 fully saturated rings. The number of aliphatic hydroxyl groups excluding tert-OH is 3. The zero-order valence-electron chi connectivity index (χ0n) is 18.0. The van der Waals surface area contributed by atoms with Gasteiger partial charge in [0, 0.05) is 10.0 Å². The number of rotatable bonds is 7. The van der Waals surface area contributed by atoms with Gasteiger partial charge in [0.25, 0.3) is 5.56 Å². The van der Waals surface area contributed by atoms with Gasteiger partial charge in [0.15, 0.2) is 28.9 Å². The first-order chi connectivity index (χ1) is 16.3. The van der Waals surface area contributed by atoms with Crippen LogP contribution >= 0.6 is 15.9 Å². The zero-order valence-corrected chi connectivity index (χ0v) is 19.6. The SMILES string of the molecule is COc1cc(Br)c(/C=N\Nc2nc3c(=O)[nH]c(N)nc3n2[C@@H]2O[C@H](CO)[C@H](O)[C@@H]2O)cc1OC. The Morgan fingerprint density at radius 1 is 1.29 bits per heavy atom. The molecule has 0 radical (unpaired) electrons. The molecule has 34 heavy (non-hydrogen) atoms. The van der Waals surface area contributed by atoms with Crippen molar-refractivity contribution in [1.82, 2.24) is 19.5 Å². The number of hydrazone groups is 1. The summed E-state index contributed by atoms with van der Waals surface area (Å²) < 4.78 is 18.1. The third-order valence-electron chi connectivity index (χ3n) is 5.21. The summed E-state index contributed by atoms with van der Waals surface area (Å²) >= 11 is 3.43. The number of nitrogens with zero attached hydrogens (tertiary/aromatic N) is 4. The molecule has 1 aliphatic rings. The average Bonchev–Trinajstić information content (AvgIpc) is 3.31.